The van der Waals surface area contributed by atoms with Crippen LogP contribution < -0.4 is 14.8 Å². The predicted molar refractivity (Wildman–Crippen MR) is 63.5 cm³/mol. The average Bonchev–Trinajstić information content (AvgIpc) is 2.29. The normalized spacial score (nSPS) is 10.0. The topological polar surface area (TPSA) is 67.8 Å². The summed E-state index contributed by atoms with van der Waals surface area (Å²) in [7, 11) is 1.81. The molecule has 0 aliphatic carbocycles. The summed E-state index contributed by atoms with van der Waals surface area (Å²) in [5.41, 5.74) is 0.875. The first-order chi connectivity index (χ1) is 8.19. The molecule has 1 rings (SSSR count). The number of carbonyl (C=O) groups is 1. The smallest absolute Gasteiger partial charge is 0.341 e. The zero-order valence-electron chi connectivity index (χ0n) is 10.0. The third-order valence-corrected chi connectivity index (χ3v) is 2.07. The van der Waals surface area contributed by atoms with Crippen molar-refractivity contribution in [1.29, 1.82) is 0 Å². The Morgan fingerprint density at radius 2 is 2.18 bits per heavy atom. The second-order valence-electron chi connectivity index (χ2n) is 3.39. The van der Waals surface area contributed by atoms with Gasteiger partial charge in [0.15, 0.2) is 18.1 Å². The molecule has 0 unspecified atom stereocenters. The van der Waals surface area contributed by atoms with Gasteiger partial charge in [0.25, 0.3) is 0 Å². The van der Waals surface area contributed by atoms with E-state index in [9.17, 15) is 4.79 Å². The van der Waals surface area contributed by atoms with Crippen molar-refractivity contribution < 1.29 is 19.4 Å². The van der Waals surface area contributed by atoms with E-state index in [1.807, 2.05) is 26.1 Å². The van der Waals surface area contributed by atoms with Gasteiger partial charge in [-0.25, -0.2) is 4.79 Å². The number of carboxylic acids is 1. The molecule has 0 spiro atoms. The third-order valence-electron chi connectivity index (χ3n) is 2.07. The lowest BCUT2D eigenvalue weighted by atomic mass is 10.2. The van der Waals surface area contributed by atoms with E-state index in [0.717, 1.165) is 5.56 Å². The van der Waals surface area contributed by atoms with Crippen molar-refractivity contribution in [3.8, 4) is 11.5 Å². The molecule has 0 atom stereocenters. The van der Waals surface area contributed by atoms with Gasteiger partial charge in [-0.3, -0.25) is 0 Å². The Balaban J connectivity index is 2.95. The predicted octanol–water partition coefficient (Wildman–Crippen LogP) is 1.27. The van der Waals surface area contributed by atoms with Crippen molar-refractivity contribution in [3.05, 3.63) is 23.8 Å². The fourth-order valence-corrected chi connectivity index (χ4v) is 1.46. The van der Waals surface area contributed by atoms with E-state index >= 15 is 0 Å². The van der Waals surface area contributed by atoms with Gasteiger partial charge in [-0.05, 0) is 20.0 Å². The first-order valence-electron chi connectivity index (χ1n) is 5.43. The number of benzene rings is 1. The zero-order chi connectivity index (χ0) is 12.7. The largest absolute Gasteiger partial charge is 0.490 e. The minimum absolute atomic E-state index is 0.374. The summed E-state index contributed by atoms with van der Waals surface area (Å²) < 4.78 is 10.7. The van der Waals surface area contributed by atoms with Gasteiger partial charge in [0.1, 0.15) is 0 Å². The van der Waals surface area contributed by atoms with Crippen LogP contribution in [0.3, 0.4) is 0 Å². The maximum Gasteiger partial charge on any atom is 0.341 e. The lowest BCUT2D eigenvalue weighted by molar-refractivity contribution is -0.139. The first-order valence-corrected chi connectivity index (χ1v) is 5.43. The van der Waals surface area contributed by atoms with Crippen LogP contribution in [0.2, 0.25) is 0 Å². The first kappa shape index (κ1) is 13.3. The molecule has 0 amide bonds. The number of aliphatic carboxylic acids is 1. The highest BCUT2D eigenvalue weighted by molar-refractivity contribution is 5.68. The minimum Gasteiger partial charge on any atom is -0.490 e. The SMILES string of the molecule is CCOc1cccc(CNC)c1OCC(=O)O. The van der Waals surface area contributed by atoms with Gasteiger partial charge in [0, 0.05) is 12.1 Å². The molecule has 94 valence electrons. The van der Waals surface area contributed by atoms with Crippen molar-refractivity contribution in [1.82, 2.24) is 5.32 Å². The van der Waals surface area contributed by atoms with Gasteiger partial charge < -0.3 is 19.9 Å². The lowest BCUT2D eigenvalue weighted by Gasteiger charge is -2.14. The molecule has 0 fully saturated rings. The van der Waals surface area contributed by atoms with Crippen molar-refractivity contribution in [3.63, 3.8) is 0 Å². The number of rotatable bonds is 7. The van der Waals surface area contributed by atoms with Gasteiger partial charge in [0.2, 0.25) is 0 Å². The van der Waals surface area contributed by atoms with Gasteiger partial charge >= 0.3 is 5.97 Å². The number of ether oxygens (including phenoxy) is 2. The number of para-hydroxylation sites is 1. The highest BCUT2D eigenvalue weighted by Gasteiger charge is 2.11. The summed E-state index contributed by atoms with van der Waals surface area (Å²) in [6.45, 7) is 2.59. The van der Waals surface area contributed by atoms with Crippen LogP contribution in [-0.4, -0.2) is 31.3 Å². The maximum atomic E-state index is 10.5. The molecular weight excluding hydrogens is 222 g/mol. The van der Waals surface area contributed by atoms with Crippen LogP contribution in [0.5, 0.6) is 11.5 Å². The van der Waals surface area contributed by atoms with E-state index < -0.39 is 5.97 Å². The Kier molecular flexibility index (Phi) is 5.29. The summed E-state index contributed by atoms with van der Waals surface area (Å²) in [4.78, 5) is 10.5. The van der Waals surface area contributed by atoms with E-state index in [1.165, 1.54) is 0 Å². The fourth-order valence-electron chi connectivity index (χ4n) is 1.46. The molecule has 0 saturated heterocycles. The maximum absolute atomic E-state index is 10.5. The third kappa shape index (κ3) is 3.96. The molecule has 0 saturated carbocycles. The Morgan fingerprint density at radius 1 is 1.41 bits per heavy atom. The molecule has 1 aromatic rings. The zero-order valence-corrected chi connectivity index (χ0v) is 10.0. The van der Waals surface area contributed by atoms with Crippen LogP contribution in [-0.2, 0) is 11.3 Å². The van der Waals surface area contributed by atoms with Crippen LogP contribution in [0.1, 0.15) is 12.5 Å². The van der Waals surface area contributed by atoms with Crippen LogP contribution >= 0.6 is 0 Å². The van der Waals surface area contributed by atoms with Crippen LogP contribution in [0, 0.1) is 0 Å². The number of carboxylic acid groups (broad SMARTS) is 1. The van der Waals surface area contributed by atoms with Crippen molar-refractivity contribution in [2.75, 3.05) is 20.3 Å². The molecule has 0 aromatic heterocycles. The van der Waals surface area contributed by atoms with Gasteiger partial charge in [-0.2, -0.15) is 0 Å². The van der Waals surface area contributed by atoms with E-state index in [4.69, 9.17) is 14.6 Å². The van der Waals surface area contributed by atoms with Gasteiger partial charge in [-0.15, -0.1) is 0 Å². The Hall–Kier alpha value is -1.75. The second kappa shape index (κ2) is 6.75. The molecule has 0 aliphatic heterocycles. The molecule has 5 nitrogen and oxygen atoms in total. The van der Waals surface area contributed by atoms with Crippen LogP contribution in [0.15, 0.2) is 18.2 Å². The summed E-state index contributed by atoms with van der Waals surface area (Å²) in [6, 6.07) is 5.49. The van der Waals surface area contributed by atoms with Crippen LogP contribution in [0.4, 0.5) is 0 Å². The Labute approximate surface area is 100 Å². The highest BCUT2D eigenvalue weighted by atomic mass is 16.5. The molecule has 0 bridgehead atoms. The Bertz CT molecular complexity index is 355. The van der Waals surface area contributed by atoms with Gasteiger partial charge in [0.05, 0.1) is 6.61 Å². The molecule has 0 aliphatic rings. The molecule has 1 aromatic carbocycles. The second-order valence-corrected chi connectivity index (χ2v) is 3.39. The summed E-state index contributed by atoms with van der Waals surface area (Å²) in [5.74, 6) is 0.0549. The average molecular weight is 239 g/mol. The monoisotopic (exact) mass is 239 g/mol. The van der Waals surface area contributed by atoms with Gasteiger partial charge in [-0.1, -0.05) is 12.1 Å². The van der Waals surface area contributed by atoms with Crippen molar-refractivity contribution >= 4 is 5.97 Å². The summed E-state index contributed by atoms with van der Waals surface area (Å²) in [5, 5.41) is 11.6. The molecular formula is C12H17NO4. The standard InChI is InChI=1S/C12H17NO4/c1-3-16-10-6-4-5-9(7-13-2)12(10)17-8-11(14)15/h4-6,13H,3,7-8H2,1-2H3,(H,14,15). The quantitative estimate of drug-likeness (QED) is 0.750. The molecule has 0 radical (unpaired) electrons. The fraction of sp³-hybridized carbons (Fsp3) is 0.417. The van der Waals surface area contributed by atoms with E-state index in [-0.39, 0.29) is 6.61 Å². The lowest BCUT2D eigenvalue weighted by Crippen LogP contribution is -2.13. The number of hydrogen-bond donors (Lipinski definition) is 2. The molecule has 0 heterocycles. The van der Waals surface area contributed by atoms with Crippen molar-refractivity contribution in [2.45, 2.75) is 13.5 Å². The molecule has 2 N–H and O–H groups in total. The van der Waals surface area contributed by atoms with Crippen LogP contribution in [0.25, 0.3) is 0 Å². The summed E-state index contributed by atoms with van der Waals surface area (Å²) >= 11 is 0. The molecule has 17 heavy (non-hydrogen) atoms. The van der Waals surface area contributed by atoms with Crippen molar-refractivity contribution in [2.24, 2.45) is 0 Å². The number of hydrogen-bond acceptors (Lipinski definition) is 4. The van der Waals surface area contributed by atoms with E-state index in [0.29, 0.717) is 24.7 Å². The van der Waals surface area contributed by atoms with E-state index in [1.54, 1.807) is 6.07 Å². The minimum atomic E-state index is -1.01. The summed E-state index contributed by atoms with van der Waals surface area (Å²) in [6.07, 6.45) is 0. The molecule has 5 heteroatoms. The number of nitrogens with one attached hydrogen (secondary N) is 1. The highest BCUT2D eigenvalue weighted by Crippen LogP contribution is 2.31. The van der Waals surface area contributed by atoms with E-state index in [2.05, 4.69) is 5.32 Å². The Morgan fingerprint density at radius 3 is 2.76 bits per heavy atom.